The van der Waals surface area contributed by atoms with Crippen LogP contribution in [-0.4, -0.2) is 18.1 Å². The van der Waals surface area contributed by atoms with Gasteiger partial charge in [-0.1, -0.05) is 43.2 Å². The van der Waals surface area contributed by atoms with Crippen LogP contribution in [0.2, 0.25) is 0 Å². The Bertz CT molecular complexity index is 946. The van der Waals surface area contributed by atoms with E-state index in [4.69, 9.17) is 9.47 Å². The fraction of sp³-hybridized carbons (Fsp3) is 0.360. The molecule has 6 nitrogen and oxygen atoms in total. The molecule has 2 aromatic carbocycles. The van der Waals surface area contributed by atoms with E-state index in [2.05, 4.69) is 17.6 Å². The second kappa shape index (κ2) is 10.2. The van der Waals surface area contributed by atoms with Crippen molar-refractivity contribution in [2.75, 3.05) is 0 Å². The monoisotopic (exact) mass is 422 g/mol. The minimum absolute atomic E-state index is 0.254. The van der Waals surface area contributed by atoms with E-state index in [1.54, 1.807) is 0 Å². The lowest BCUT2D eigenvalue weighted by atomic mass is 9.93. The summed E-state index contributed by atoms with van der Waals surface area (Å²) in [6, 6.07) is 14.3. The number of aryl methyl sites for hydroxylation is 1. The molecule has 1 heterocycles. The second-order valence-corrected chi connectivity index (χ2v) is 7.97. The lowest BCUT2D eigenvalue weighted by Gasteiger charge is -2.30. The minimum Gasteiger partial charge on any atom is -0.459 e. The van der Waals surface area contributed by atoms with Crippen molar-refractivity contribution in [2.45, 2.75) is 59.1 Å². The van der Waals surface area contributed by atoms with Gasteiger partial charge in [0.15, 0.2) is 0 Å². The molecule has 31 heavy (non-hydrogen) atoms. The number of ether oxygens (including phenoxy) is 2. The van der Waals surface area contributed by atoms with Gasteiger partial charge in [-0.05, 0) is 63.4 Å². The van der Waals surface area contributed by atoms with Gasteiger partial charge in [0.25, 0.3) is 0 Å². The van der Waals surface area contributed by atoms with Crippen molar-refractivity contribution in [1.29, 1.82) is 0 Å². The molecule has 6 heteroatoms. The summed E-state index contributed by atoms with van der Waals surface area (Å²) in [6.07, 6.45) is 2.17. The molecule has 2 aromatic rings. The Morgan fingerprint density at radius 3 is 2.23 bits per heavy atom. The first-order chi connectivity index (χ1) is 14.9. The maximum atomic E-state index is 12.9. The predicted octanol–water partition coefficient (Wildman–Crippen LogP) is 5.54. The topological polar surface area (TPSA) is 76.7 Å². The van der Waals surface area contributed by atoms with Gasteiger partial charge in [-0.3, -0.25) is 0 Å². The summed E-state index contributed by atoms with van der Waals surface area (Å²) in [5.74, 6) is 1.00. The number of amides is 2. The van der Waals surface area contributed by atoms with Gasteiger partial charge in [-0.15, -0.1) is 0 Å². The SMILES string of the molecule is CCCCC1=C(C(=O)OC(C)C)C(c2ccc(Oc3ccc(C)cc3)cc2)NC(=O)N1. The number of carbonyl (C=O) groups excluding carboxylic acids is 2. The molecule has 0 fully saturated rings. The first-order valence-electron chi connectivity index (χ1n) is 10.7. The van der Waals surface area contributed by atoms with Crippen LogP contribution < -0.4 is 15.4 Å². The maximum Gasteiger partial charge on any atom is 0.338 e. The van der Waals surface area contributed by atoms with Gasteiger partial charge in [0.05, 0.1) is 17.7 Å². The van der Waals surface area contributed by atoms with Crippen molar-refractivity contribution >= 4 is 12.0 Å². The van der Waals surface area contributed by atoms with Crippen LogP contribution in [0.25, 0.3) is 0 Å². The number of urea groups is 1. The molecule has 0 bridgehead atoms. The van der Waals surface area contributed by atoms with Gasteiger partial charge in [0.2, 0.25) is 0 Å². The average Bonchev–Trinajstić information content (AvgIpc) is 2.73. The van der Waals surface area contributed by atoms with Crippen molar-refractivity contribution < 1.29 is 19.1 Å². The number of hydrogen-bond acceptors (Lipinski definition) is 4. The Labute approximate surface area is 183 Å². The molecule has 1 atom stereocenters. The van der Waals surface area contributed by atoms with Crippen molar-refractivity contribution in [3.63, 3.8) is 0 Å². The van der Waals surface area contributed by atoms with Crippen LogP contribution in [0, 0.1) is 6.92 Å². The van der Waals surface area contributed by atoms with E-state index < -0.39 is 12.0 Å². The van der Waals surface area contributed by atoms with E-state index in [1.807, 2.05) is 69.3 Å². The molecule has 3 rings (SSSR count). The second-order valence-electron chi connectivity index (χ2n) is 7.97. The van der Waals surface area contributed by atoms with Crippen LogP contribution >= 0.6 is 0 Å². The number of rotatable bonds is 8. The molecule has 0 aromatic heterocycles. The quantitative estimate of drug-likeness (QED) is 0.548. The summed E-state index contributed by atoms with van der Waals surface area (Å²) in [7, 11) is 0. The zero-order valence-corrected chi connectivity index (χ0v) is 18.5. The van der Waals surface area contributed by atoms with E-state index in [9.17, 15) is 9.59 Å². The number of hydrogen-bond donors (Lipinski definition) is 2. The molecular formula is C25H30N2O4. The predicted molar refractivity (Wildman–Crippen MR) is 120 cm³/mol. The van der Waals surface area contributed by atoms with Crippen molar-refractivity contribution in [3.05, 3.63) is 70.9 Å². The number of allylic oxidation sites excluding steroid dienone is 1. The standard InChI is InChI=1S/C25H30N2O4/c1-5-6-7-21-22(24(28)30-16(2)3)23(27-25(29)26-21)18-10-14-20(15-11-18)31-19-12-8-17(4)9-13-19/h8-16,23H,5-7H2,1-4H3,(H2,26,27,29). The highest BCUT2D eigenvalue weighted by Crippen LogP contribution is 2.31. The van der Waals surface area contributed by atoms with Crippen LogP contribution in [-0.2, 0) is 9.53 Å². The van der Waals surface area contributed by atoms with Crippen molar-refractivity contribution in [3.8, 4) is 11.5 Å². The van der Waals surface area contributed by atoms with Crippen LogP contribution in [0.4, 0.5) is 4.79 Å². The third-order valence-corrected chi connectivity index (χ3v) is 4.97. The van der Waals surface area contributed by atoms with E-state index in [0.29, 0.717) is 23.4 Å². The molecule has 2 N–H and O–H groups in total. The summed E-state index contributed by atoms with van der Waals surface area (Å²) in [6.45, 7) is 7.71. The van der Waals surface area contributed by atoms with Gasteiger partial charge < -0.3 is 20.1 Å². The molecule has 0 saturated carbocycles. The van der Waals surface area contributed by atoms with Gasteiger partial charge in [-0.25, -0.2) is 9.59 Å². The number of esters is 1. The Kier molecular flexibility index (Phi) is 7.34. The molecule has 1 aliphatic rings. The summed E-state index contributed by atoms with van der Waals surface area (Å²) in [4.78, 5) is 25.2. The highest BCUT2D eigenvalue weighted by atomic mass is 16.5. The van der Waals surface area contributed by atoms with Gasteiger partial charge in [0, 0.05) is 5.70 Å². The van der Waals surface area contributed by atoms with Crippen LogP contribution in [0.3, 0.4) is 0 Å². The van der Waals surface area contributed by atoms with Crippen LogP contribution in [0.1, 0.15) is 57.2 Å². The number of benzene rings is 2. The fourth-order valence-corrected chi connectivity index (χ4v) is 3.41. The molecule has 2 amide bonds. The molecular weight excluding hydrogens is 392 g/mol. The first kappa shape index (κ1) is 22.4. The fourth-order valence-electron chi connectivity index (χ4n) is 3.41. The molecule has 1 unspecified atom stereocenters. The lowest BCUT2D eigenvalue weighted by Crippen LogP contribution is -2.46. The maximum absolute atomic E-state index is 12.9. The average molecular weight is 423 g/mol. The lowest BCUT2D eigenvalue weighted by molar-refractivity contribution is -0.143. The van der Waals surface area contributed by atoms with E-state index in [-0.39, 0.29) is 12.1 Å². The smallest absolute Gasteiger partial charge is 0.338 e. The molecule has 0 aliphatic carbocycles. The zero-order chi connectivity index (χ0) is 22.4. The molecule has 164 valence electrons. The van der Waals surface area contributed by atoms with E-state index in [1.165, 1.54) is 0 Å². The Hall–Kier alpha value is -3.28. The van der Waals surface area contributed by atoms with Crippen LogP contribution in [0.5, 0.6) is 11.5 Å². The van der Waals surface area contributed by atoms with E-state index in [0.717, 1.165) is 29.7 Å². The van der Waals surface area contributed by atoms with Gasteiger partial charge >= 0.3 is 12.0 Å². The largest absolute Gasteiger partial charge is 0.459 e. The molecule has 0 saturated heterocycles. The van der Waals surface area contributed by atoms with Gasteiger partial charge in [0.1, 0.15) is 11.5 Å². The number of nitrogens with one attached hydrogen (secondary N) is 2. The summed E-state index contributed by atoms with van der Waals surface area (Å²) in [5, 5.41) is 5.68. The normalized spacial score (nSPS) is 16.0. The van der Waals surface area contributed by atoms with Crippen molar-refractivity contribution in [1.82, 2.24) is 10.6 Å². The Balaban J connectivity index is 1.88. The van der Waals surface area contributed by atoms with E-state index >= 15 is 0 Å². The third kappa shape index (κ3) is 5.87. The number of unbranched alkanes of at least 4 members (excludes halogenated alkanes) is 1. The Morgan fingerprint density at radius 1 is 1.03 bits per heavy atom. The molecule has 0 radical (unpaired) electrons. The van der Waals surface area contributed by atoms with Crippen molar-refractivity contribution in [2.24, 2.45) is 0 Å². The number of carbonyl (C=O) groups is 2. The highest BCUT2D eigenvalue weighted by Gasteiger charge is 2.33. The van der Waals surface area contributed by atoms with Crippen LogP contribution in [0.15, 0.2) is 59.8 Å². The summed E-state index contributed by atoms with van der Waals surface area (Å²) in [5.41, 5.74) is 3.03. The third-order valence-electron chi connectivity index (χ3n) is 4.97. The molecule has 0 spiro atoms. The highest BCUT2D eigenvalue weighted by molar-refractivity contribution is 5.95. The minimum atomic E-state index is -0.583. The summed E-state index contributed by atoms with van der Waals surface area (Å²) >= 11 is 0. The Morgan fingerprint density at radius 2 is 1.65 bits per heavy atom. The summed E-state index contributed by atoms with van der Waals surface area (Å²) < 4.78 is 11.4. The first-order valence-corrected chi connectivity index (χ1v) is 10.7. The zero-order valence-electron chi connectivity index (χ0n) is 18.5. The molecule has 1 aliphatic heterocycles. The van der Waals surface area contributed by atoms with Gasteiger partial charge in [-0.2, -0.15) is 0 Å².